The summed E-state index contributed by atoms with van der Waals surface area (Å²) in [6, 6.07) is 10.2. The van der Waals surface area contributed by atoms with Crippen LogP contribution >= 0.6 is 11.6 Å². The number of ether oxygens (including phenoxy) is 1. The van der Waals surface area contributed by atoms with Gasteiger partial charge in [-0.05, 0) is 29.8 Å². The standard InChI is InChI=1S/C17H20ClN3O3S/c1-24-14-5-6-15(25(19,22)23)16(12-3-2-4-13(18)11-12)17(14)21-9-7-20-8-10-21/h2-6,11,20H,7-10H2,1H3,(H2,19,22,23). The molecule has 1 aliphatic heterocycles. The molecular weight excluding hydrogens is 362 g/mol. The third-order valence-electron chi connectivity index (χ3n) is 4.18. The Balaban J connectivity index is 2.33. The van der Waals surface area contributed by atoms with Gasteiger partial charge in [-0.15, -0.1) is 0 Å². The molecule has 0 aromatic heterocycles. The van der Waals surface area contributed by atoms with Crippen LogP contribution in [0, 0.1) is 0 Å². The van der Waals surface area contributed by atoms with E-state index in [4.69, 9.17) is 21.5 Å². The van der Waals surface area contributed by atoms with Gasteiger partial charge in [-0.1, -0.05) is 23.7 Å². The quantitative estimate of drug-likeness (QED) is 0.846. The number of nitrogens with two attached hydrogens (primary N) is 1. The number of hydrogen-bond acceptors (Lipinski definition) is 5. The number of nitrogens with zero attached hydrogens (tertiary/aromatic N) is 1. The van der Waals surface area contributed by atoms with Crippen molar-refractivity contribution in [1.29, 1.82) is 0 Å². The van der Waals surface area contributed by atoms with Gasteiger partial charge in [0.05, 0.1) is 17.7 Å². The number of benzene rings is 2. The Hall–Kier alpha value is -1.80. The molecule has 134 valence electrons. The molecule has 0 unspecified atom stereocenters. The second-order valence-corrected chi connectivity index (χ2v) is 7.75. The Labute approximate surface area is 152 Å². The summed E-state index contributed by atoms with van der Waals surface area (Å²) < 4.78 is 30.0. The van der Waals surface area contributed by atoms with E-state index in [0.717, 1.165) is 31.9 Å². The molecule has 1 fully saturated rings. The average Bonchev–Trinajstić information content (AvgIpc) is 2.60. The minimum absolute atomic E-state index is 0.0594. The van der Waals surface area contributed by atoms with Crippen LogP contribution in [0.2, 0.25) is 5.02 Å². The average molecular weight is 382 g/mol. The molecule has 0 atom stereocenters. The first-order valence-corrected chi connectivity index (χ1v) is 9.79. The van der Waals surface area contributed by atoms with Crippen LogP contribution in [-0.2, 0) is 10.0 Å². The van der Waals surface area contributed by atoms with Gasteiger partial charge in [0.1, 0.15) is 5.75 Å². The Morgan fingerprint density at radius 1 is 1.20 bits per heavy atom. The Morgan fingerprint density at radius 3 is 2.52 bits per heavy atom. The first-order chi connectivity index (χ1) is 11.9. The lowest BCUT2D eigenvalue weighted by molar-refractivity contribution is 0.413. The zero-order valence-electron chi connectivity index (χ0n) is 13.8. The van der Waals surface area contributed by atoms with E-state index in [9.17, 15) is 8.42 Å². The van der Waals surface area contributed by atoms with Crippen molar-refractivity contribution in [3.63, 3.8) is 0 Å². The summed E-state index contributed by atoms with van der Waals surface area (Å²) in [5.74, 6) is 0.601. The van der Waals surface area contributed by atoms with Crippen LogP contribution in [0.1, 0.15) is 0 Å². The fraction of sp³-hybridized carbons (Fsp3) is 0.294. The topological polar surface area (TPSA) is 84.7 Å². The highest BCUT2D eigenvalue weighted by molar-refractivity contribution is 7.89. The van der Waals surface area contributed by atoms with E-state index < -0.39 is 10.0 Å². The second kappa shape index (κ2) is 7.21. The van der Waals surface area contributed by atoms with Crippen molar-refractivity contribution in [2.45, 2.75) is 4.90 Å². The molecule has 8 heteroatoms. The molecule has 2 aromatic rings. The molecule has 6 nitrogen and oxygen atoms in total. The number of anilines is 1. The van der Waals surface area contributed by atoms with Crippen LogP contribution < -0.4 is 20.1 Å². The van der Waals surface area contributed by atoms with Gasteiger partial charge in [-0.2, -0.15) is 0 Å². The number of rotatable bonds is 4. The normalized spacial score (nSPS) is 15.2. The van der Waals surface area contributed by atoms with E-state index in [-0.39, 0.29) is 4.90 Å². The van der Waals surface area contributed by atoms with Gasteiger partial charge >= 0.3 is 0 Å². The summed E-state index contributed by atoms with van der Waals surface area (Å²) in [5.41, 5.74) is 1.92. The van der Waals surface area contributed by atoms with Crippen molar-refractivity contribution < 1.29 is 13.2 Å². The Bertz CT molecular complexity index is 881. The van der Waals surface area contributed by atoms with Crippen molar-refractivity contribution in [1.82, 2.24) is 5.32 Å². The third kappa shape index (κ3) is 3.74. The second-order valence-electron chi connectivity index (χ2n) is 5.78. The maximum absolute atomic E-state index is 12.2. The molecule has 1 heterocycles. The van der Waals surface area contributed by atoms with Crippen molar-refractivity contribution >= 4 is 27.3 Å². The van der Waals surface area contributed by atoms with Crippen LogP contribution in [0.3, 0.4) is 0 Å². The van der Waals surface area contributed by atoms with Crippen molar-refractivity contribution in [3.05, 3.63) is 41.4 Å². The van der Waals surface area contributed by atoms with Crippen molar-refractivity contribution in [3.8, 4) is 16.9 Å². The molecule has 25 heavy (non-hydrogen) atoms. The zero-order valence-corrected chi connectivity index (χ0v) is 15.4. The minimum Gasteiger partial charge on any atom is -0.495 e. The molecule has 0 bridgehead atoms. The summed E-state index contributed by atoms with van der Waals surface area (Å²) >= 11 is 6.14. The highest BCUT2D eigenvalue weighted by atomic mass is 35.5. The molecule has 3 rings (SSSR count). The predicted octanol–water partition coefficient (Wildman–Crippen LogP) is 2.07. The largest absolute Gasteiger partial charge is 0.495 e. The van der Waals surface area contributed by atoms with Crippen molar-refractivity contribution in [2.75, 3.05) is 38.2 Å². The van der Waals surface area contributed by atoms with Gasteiger partial charge in [0.15, 0.2) is 0 Å². The molecule has 3 N–H and O–H groups in total. The molecular formula is C17H20ClN3O3S. The van der Waals surface area contributed by atoms with E-state index in [2.05, 4.69) is 10.2 Å². The van der Waals surface area contributed by atoms with Gasteiger partial charge < -0.3 is 15.0 Å². The van der Waals surface area contributed by atoms with Crippen LogP contribution in [0.25, 0.3) is 11.1 Å². The maximum Gasteiger partial charge on any atom is 0.238 e. The summed E-state index contributed by atoms with van der Waals surface area (Å²) in [5, 5.41) is 9.30. The monoisotopic (exact) mass is 381 g/mol. The van der Waals surface area contributed by atoms with E-state index in [0.29, 0.717) is 21.9 Å². The van der Waals surface area contributed by atoms with Gasteiger partial charge in [0, 0.05) is 36.8 Å². The van der Waals surface area contributed by atoms with Gasteiger partial charge in [-0.3, -0.25) is 0 Å². The maximum atomic E-state index is 12.2. The summed E-state index contributed by atoms with van der Waals surface area (Å²) in [6.07, 6.45) is 0. The minimum atomic E-state index is -3.92. The van der Waals surface area contributed by atoms with Crippen molar-refractivity contribution in [2.24, 2.45) is 5.14 Å². The number of piperazine rings is 1. The number of halogens is 1. The third-order valence-corrected chi connectivity index (χ3v) is 5.36. The fourth-order valence-electron chi connectivity index (χ4n) is 3.08. The number of nitrogens with one attached hydrogen (secondary N) is 1. The molecule has 0 saturated carbocycles. The lowest BCUT2D eigenvalue weighted by atomic mass is 10.0. The smallest absolute Gasteiger partial charge is 0.238 e. The van der Waals surface area contributed by atoms with Gasteiger partial charge in [-0.25, -0.2) is 13.6 Å². The van der Waals surface area contributed by atoms with E-state index >= 15 is 0 Å². The number of sulfonamides is 1. The molecule has 0 spiro atoms. The lowest BCUT2D eigenvalue weighted by Crippen LogP contribution is -2.44. The number of methoxy groups -OCH3 is 1. The van der Waals surface area contributed by atoms with Crippen LogP contribution in [-0.4, -0.2) is 41.7 Å². The van der Waals surface area contributed by atoms with Crippen LogP contribution in [0.15, 0.2) is 41.3 Å². The van der Waals surface area contributed by atoms with Crippen LogP contribution in [0.5, 0.6) is 5.75 Å². The first-order valence-electron chi connectivity index (χ1n) is 7.87. The zero-order chi connectivity index (χ0) is 18.0. The number of primary sulfonamides is 1. The highest BCUT2D eigenvalue weighted by Gasteiger charge is 2.26. The molecule has 0 radical (unpaired) electrons. The Morgan fingerprint density at radius 2 is 1.92 bits per heavy atom. The lowest BCUT2D eigenvalue weighted by Gasteiger charge is -2.33. The number of hydrogen-bond donors (Lipinski definition) is 2. The van der Waals surface area contributed by atoms with E-state index in [1.165, 1.54) is 6.07 Å². The molecule has 1 aliphatic rings. The Kier molecular flexibility index (Phi) is 5.19. The molecule has 1 saturated heterocycles. The molecule has 0 aliphatic carbocycles. The summed E-state index contributed by atoms with van der Waals surface area (Å²) in [4.78, 5) is 2.17. The first kappa shape index (κ1) is 18.0. The molecule has 2 aromatic carbocycles. The SMILES string of the molecule is COc1ccc(S(N)(=O)=O)c(-c2cccc(Cl)c2)c1N1CCNCC1. The summed E-state index contributed by atoms with van der Waals surface area (Å²) in [7, 11) is -2.35. The summed E-state index contributed by atoms with van der Waals surface area (Å²) in [6.45, 7) is 3.07. The predicted molar refractivity (Wildman–Crippen MR) is 99.9 cm³/mol. The van der Waals surface area contributed by atoms with E-state index in [1.807, 2.05) is 6.07 Å². The van der Waals surface area contributed by atoms with Crippen LogP contribution in [0.4, 0.5) is 5.69 Å². The molecule has 0 amide bonds. The van der Waals surface area contributed by atoms with Gasteiger partial charge in [0.25, 0.3) is 0 Å². The fourth-order valence-corrected chi connectivity index (χ4v) is 4.03. The van der Waals surface area contributed by atoms with E-state index in [1.54, 1.807) is 31.4 Å². The highest BCUT2D eigenvalue weighted by Crippen LogP contribution is 2.43. The van der Waals surface area contributed by atoms with Gasteiger partial charge in [0.2, 0.25) is 10.0 Å².